The van der Waals surface area contributed by atoms with Crippen LogP contribution < -0.4 is 5.14 Å². The van der Waals surface area contributed by atoms with Crippen molar-refractivity contribution in [1.29, 1.82) is 0 Å². The number of hydrogen-bond acceptors (Lipinski definition) is 3. The number of rotatable bonds is 2. The number of alkyl halides is 2. The van der Waals surface area contributed by atoms with Crippen molar-refractivity contribution in [3.63, 3.8) is 0 Å². The summed E-state index contributed by atoms with van der Waals surface area (Å²) in [5.74, 6) is 0. The van der Waals surface area contributed by atoms with Gasteiger partial charge in [-0.3, -0.25) is 0 Å². The zero-order valence-electron chi connectivity index (χ0n) is 6.92. The van der Waals surface area contributed by atoms with Crippen molar-refractivity contribution in [2.45, 2.75) is 11.5 Å². The second kappa shape index (κ2) is 4.40. The van der Waals surface area contributed by atoms with E-state index in [1.807, 2.05) is 0 Å². The number of nitrogens with zero attached hydrogens (tertiary/aromatic N) is 1. The Morgan fingerprint density at radius 3 is 2.33 bits per heavy atom. The molecule has 0 unspecified atom stereocenters. The van der Waals surface area contributed by atoms with Gasteiger partial charge in [0.25, 0.3) is 16.4 Å². The second-order valence-corrected chi connectivity index (χ2v) is 5.55. The van der Waals surface area contributed by atoms with Crippen LogP contribution in [0.3, 0.4) is 0 Å². The summed E-state index contributed by atoms with van der Waals surface area (Å²) < 4.78 is 46.7. The van der Waals surface area contributed by atoms with Crippen LogP contribution in [0.15, 0.2) is 20.2 Å². The number of pyridine rings is 1. The van der Waals surface area contributed by atoms with E-state index >= 15 is 0 Å². The van der Waals surface area contributed by atoms with Gasteiger partial charge in [0.1, 0.15) is 4.60 Å². The Kier molecular flexibility index (Phi) is 3.80. The maximum absolute atomic E-state index is 12.5. The highest BCUT2D eigenvalue weighted by Gasteiger charge is 2.20. The van der Waals surface area contributed by atoms with Gasteiger partial charge in [0.15, 0.2) is 5.03 Å². The maximum Gasteiger partial charge on any atom is 0.265 e. The van der Waals surface area contributed by atoms with E-state index in [4.69, 9.17) is 5.14 Å². The molecule has 0 aliphatic rings. The monoisotopic (exact) mass is 364 g/mol. The lowest BCUT2D eigenvalue weighted by Crippen LogP contribution is -2.15. The summed E-state index contributed by atoms with van der Waals surface area (Å²) in [7, 11) is -4.09. The number of sulfonamides is 1. The second-order valence-electron chi connectivity index (χ2n) is 2.50. The predicted octanol–water partition coefficient (Wildman–Crippen LogP) is 2.19. The molecule has 9 heteroatoms. The molecule has 0 saturated carbocycles. The van der Waals surface area contributed by atoms with Crippen LogP contribution in [0.5, 0.6) is 0 Å². The largest absolute Gasteiger partial charge is 0.265 e. The first-order valence-corrected chi connectivity index (χ1v) is 6.53. The third-order valence-electron chi connectivity index (χ3n) is 1.45. The third kappa shape index (κ3) is 2.92. The molecule has 2 N–H and O–H groups in total. The average Bonchev–Trinajstić information content (AvgIpc) is 2.06. The lowest BCUT2D eigenvalue weighted by atomic mass is 10.3. The third-order valence-corrected chi connectivity index (χ3v) is 4.18. The summed E-state index contributed by atoms with van der Waals surface area (Å²) in [5, 5.41) is 4.17. The Hall–Kier alpha value is -0.120. The lowest BCUT2D eigenvalue weighted by Gasteiger charge is -2.06. The van der Waals surface area contributed by atoms with E-state index in [0.717, 1.165) is 6.07 Å². The minimum Gasteiger partial charge on any atom is -0.227 e. The molecule has 0 spiro atoms. The first-order chi connectivity index (χ1) is 6.73. The molecule has 0 aliphatic carbocycles. The summed E-state index contributed by atoms with van der Waals surface area (Å²) in [4.78, 5) is 3.51. The average molecular weight is 366 g/mol. The van der Waals surface area contributed by atoms with Gasteiger partial charge in [-0.15, -0.1) is 0 Å². The molecule has 1 heterocycles. The van der Waals surface area contributed by atoms with Crippen LogP contribution in [0.4, 0.5) is 8.78 Å². The Balaban J connectivity index is 3.50. The van der Waals surface area contributed by atoms with E-state index in [2.05, 4.69) is 36.8 Å². The van der Waals surface area contributed by atoms with E-state index in [0.29, 0.717) is 0 Å². The Bertz CT molecular complexity index is 492. The molecule has 0 aromatic carbocycles. The fraction of sp³-hybridized carbons (Fsp3) is 0.167. The van der Waals surface area contributed by atoms with E-state index in [9.17, 15) is 17.2 Å². The van der Waals surface area contributed by atoms with Gasteiger partial charge in [-0.25, -0.2) is 27.3 Å². The van der Waals surface area contributed by atoms with Crippen molar-refractivity contribution in [2.75, 3.05) is 0 Å². The van der Waals surface area contributed by atoms with Gasteiger partial charge in [-0.1, -0.05) is 0 Å². The van der Waals surface area contributed by atoms with Gasteiger partial charge in [0.05, 0.1) is 4.47 Å². The number of nitrogens with two attached hydrogens (primary N) is 1. The van der Waals surface area contributed by atoms with E-state index in [1.54, 1.807) is 0 Å². The van der Waals surface area contributed by atoms with Gasteiger partial charge < -0.3 is 0 Å². The zero-order chi connectivity index (χ0) is 11.8. The smallest absolute Gasteiger partial charge is 0.227 e. The molecular weight excluding hydrogens is 362 g/mol. The van der Waals surface area contributed by atoms with Crippen LogP contribution in [0.1, 0.15) is 12.0 Å². The number of hydrogen-bond donors (Lipinski definition) is 1. The number of aromatic nitrogens is 1. The van der Waals surface area contributed by atoms with Crippen molar-refractivity contribution in [1.82, 2.24) is 4.98 Å². The summed E-state index contributed by atoms with van der Waals surface area (Å²) in [5.41, 5.74) is -0.485. The molecule has 1 aromatic rings. The van der Waals surface area contributed by atoms with Gasteiger partial charge >= 0.3 is 0 Å². The van der Waals surface area contributed by atoms with Crippen molar-refractivity contribution >= 4 is 41.9 Å². The highest BCUT2D eigenvalue weighted by atomic mass is 79.9. The topological polar surface area (TPSA) is 73.1 Å². The summed E-state index contributed by atoms with van der Waals surface area (Å²) in [6.07, 6.45) is -2.82. The molecule has 84 valence electrons. The van der Waals surface area contributed by atoms with E-state index in [-0.39, 0.29) is 9.08 Å². The fourth-order valence-electron chi connectivity index (χ4n) is 0.798. The SMILES string of the molecule is NS(=O)(=O)c1cc(C(F)F)c(Br)c(Br)n1. The number of primary sulfonamides is 1. The Labute approximate surface area is 101 Å². The lowest BCUT2D eigenvalue weighted by molar-refractivity contribution is 0.150. The van der Waals surface area contributed by atoms with Gasteiger partial charge in [-0.2, -0.15) is 0 Å². The summed E-state index contributed by atoms with van der Waals surface area (Å²) >= 11 is 5.70. The molecular formula is C6H4Br2F2N2O2S. The fourth-order valence-corrected chi connectivity index (χ4v) is 2.22. The molecule has 0 bridgehead atoms. The van der Waals surface area contributed by atoms with E-state index in [1.165, 1.54) is 0 Å². The van der Waals surface area contributed by atoms with Crippen LogP contribution in [0.25, 0.3) is 0 Å². The summed E-state index contributed by atoms with van der Waals surface area (Å²) in [6, 6.07) is 0.731. The van der Waals surface area contributed by atoms with Crippen LogP contribution in [0, 0.1) is 0 Å². The van der Waals surface area contributed by atoms with Crippen molar-refractivity contribution in [3.05, 3.63) is 20.7 Å². The van der Waals surface area contributed by atoms with Crippen molar-refractivity contribution < 1.29 is 17.2 Å². The first-order valence-electron chi connectivity index (χ1n) is 3.40. The zero-order valence-corrected chi connectivity index (χ0v) is 10.9. The maximum atomic E-state index is 12.5. The van der Waals surface area contributed by atoms with E-state index < -0.39 is 27.0 Å². The molecule has 0 fully saturated rings. The van der Waals surface area contributed by atoms with Gasteiger partial charge in [0, 0.05) is 5.56 Å². The summed E-state index contributed by atoms with van der Waals surface area (Å²) in [6.45, 7) is 0. The Morgan fingerprint density at radius 2 is 1.93 bits per heavy atom. The molecule has 0 aliphatic heterocycles. The minimum atomic E-state index is -4.09. The molecule has 15 heavy (non-hydrogen) atoms. The number of halogens is 4. The van der Waals surface area contributed by atoms with Gasteiger partial charge in [-0.05, 0) is 37.9 Å². The normalized spacial score (nSPS) is 12.1. The van der Waals surface area contributed by atoms with Crippen LogP contribution >= 0.6 is 31.9 Å². The molecule has 1 aromatic heterocycles. The molecule has 0 saturated heterocycles. The molecule has 4 nitrogen and oxygen atoms in total. The Morgan fingerprint density at radius 1 is 1.40 bits per heavy atom. The highest BCUT2D eigenvalue weighted by molar-refractivity contribution is 9.13. The quantitative estimate of drug-likeness (QED) is 0.816. The minimum absolute atomic E-state index is 0.00454. The predicted molar refractivity (Wildman–Crippen MR) is 56.0 cm³/mol. The first kappa shape index (κ1) is 12.9. The molecule has 0 amide bonds. The van der Waals surface area contributed by atoms with Crippen molar-refractivity contribution in [3.8, 4) is 0 Å². The molecule has 0 atom stereocenters. The molecule has 0 radical (unpaired) electrons. The van der Waals surface area contributed by atoms with Crippen molar-refractivity contribution in [2.24, 2.45) is 5.14 Å². The van der Waals surface area contributed by atoms with Crippen LogP contribution in [-0.4, -0.2) is 13.4 Å². The van der Waals surface area contributed by atoms with Gasteiger partial charge in [0.2, 0.25) is 0 Å². The molecule has 1 rings (SSSR count). The highest BCUT2D eigenvalue weighted by Crippen LogP contribution is 2.33. The van der Waals surface area contributed by atoms with Crippen LogP contribution in [-0.2, 0) is 10.0 Å². The standard InChI is InChI=1S/C6H4Br2F2N2O2S/c7-4-2(6(9)10)1-3(12-5(4)8)15(11,13)14/h1,6H,(H2,11,13,14). The van der Waals surface area contributed by atoms with Crippen LogP contribution in [0.2, 0.25) is 0 Å².